The standard InChI is InChI=1S/C11H16ClN3/c12-11-5-4-10(7-14-11)15-9-3-1-2-8(13)6-9/h4-5,7-9,15H,1-3,6,13H2. The first-order valence-corrected chi connectivity index (χ1v) is 5.75. The summed E-state index contributed by atoms with van der Waals surface area (Å²) in [6, 6.07) is 4.58. The fraction of sp³-hybridized carbons (Fsp3) is 0.545. The van der Waals surface area contributed by atoms with Gasteiger partial charge in [0.05, 0.1) is 11.9 Å². The van der Waals surface area contributed by atoms with Crippen molar-refractivity contribution in [1.82, 2.24) is 4.98 Å². The van der Waals surface area contributed by atoms with Crippen molar-refractivity contribution in [2.75, 3.05) is 5.32 Å². The highest BCUT2D eigenvalue weighted by Crippen LogP contribution is 2.21. The normalized spacial score (nSPS) is 26.3. The van der Waals surface area contributed by atoms with E-state index < -0.39 is 0 Å². The molecule has 0 radical (unpaired) electrons. The van der Waals surface area contributed by atoms with E-state index >= 15 is 0 Å². The summed E-state index contributed by atoms with van der Waals surface area (Å²) in [6.45, 7) is 0. The van der Waals surface area contributed by atoms with Crippen LogP contribution in [0.15, 0.2) is 18.3 Å². The van der Waals surface area contributed by atoms with Gasteiger partial charge < -0.3 is 11.1 Å². The van der Waals surface area contributed by atoms with Gasteiger partial charge in [0.15, 0.2) is 0 Å². The van der Waals surface area contributed by atoms with Crippen LogP contribution in [0.5, 0.6) is 0 Å². The Balaban J connectivity index is 1.93. The number of hydrogen-bond donors (Lipinski definition) is 2. The second-order valence-corrected chi connectivity index (χ2v) is 4.52. The lowest BCUT2D eigenvalue weighted by atomic mass is 9.91. The van der Waals surface area contributed by atoms with Crippen LogP contribution >= 0.6 is 11.6 Å². The van der Waals surface area contributed by atoms with Crippen molar-refractivity contribution in [2.45, 2.75) is 37.8 Å². The molecule has 15 heavy (non-hydrogen) atoms. The Morgan fingerprint density at radius 3 is 2.93 bits per heavy atom. The first kappa shape index (κ1) is 10.7. The maximum Gasteiger partial charge on any atom is 0.129 e. The lowest BCUT2D eigenvalue weighted by Gasteiger charge is -2.28. The zero-order valence-electron chi connectivity index (χ0n) is 8.62. The van der Waals surface area contributed by atoms with E-state index in [9.17, 15) is 0 Å². The SMILES string of the molecule is NC1CCCC(Nc2ccc(Cl)nc2)C1. The molecule has 1 aromatic rings. The third-order valence-corrected chi connectivity index (χ3v) is 3.04. The highest BCUT2D eigenvalue weighted by molar-refractivity contribution is 6.29. The van der Waals surface area contributed by atoms with Crippen molar-refractivity contribution in [1.29, 1.82) is 0 Å². The van der Waals surface area contributed by atoms with Crippen molar-refractivity contribution < 1.29 is 0 Å². The minimum atomic E-state index is 0.344. The van der Waals surface area contributed by atoms with Crippen molar-refractivity contribution >= 4 is 17.3 Å². The van der Waals surface area contributed by atoms with Crippen LogP contribution in [0.4, 0.5) is 5.69 Å². The second kappa shape index (κ2) is 4.81. The molecule has 0 spiro atoms. The van der Waals surface area contributed by atoms with Gasteiger partial charge in [-0.15, -0.1) is 0 Å². The Labute approximate surface area is 95.0 Å². The molecule has 1 aliphatic rings. The molecule has 1 saturated carbocycles. The molecule has 0 aromatic carbocycles. The van der Waals surface area contributed by atoms with Crippen LogP contribution in [0.1, 0.15) is 25.7 Å². The van der Waals surface area contributed by atoms with Crippen LogP contribution in [-0.2, 0) is 0 Å². The van der Waals surface area contributed by atoms with Crippen LogP contribution in [-0.4, -0.2) is 17.1 Å². The van der Waals surface area contributed by atoms with Gasteiger partial charge in [0.2, 0.25) is 0 Å². The summed E-state index contributed by atoms with van der Waals surface area (Å²) in [5.41, 5.74) is 6.95. The average Bonchev–Trinajstić information content (AvgIpc) is 2.22. The van der Waals surface area contributed by atoms with Crippen molar-refractivity contribution in [3.05, 3.63) is 23.5 Å². The van der Waals surface area contributed by atoms with E-state index in [4.69, 9.17) is 17.3 Å². The zero-order chi connectivity index (χ0) is 10.7. The molecule has 3 nitrogen and oxygen atoms in total. The summed E-state index contributed by atoms with van der Waals surface area (Å²) in [7, 11) is 0. The predicted octanol–water partition coefficient (Wildman–Crippen LogP) is 2.42. The summed E-state index contributed by atoms with van der Waals surface area (Å²) in [6.07, 6.45) is 6.36. The smallest absolute Gasteiger partial charge is 0.129 e. The van der Waals surface area contributed by atoms with Crippen molar-refractivity contribution in [2.24, 2.45) is 5.73 Å². The van der Waals surface area contributed by atoms with Crippen LogP contribution in [0, 0.1) is 0 Å². The van der Waals surface area contributed by atoms with Gasteiger partial charge in [-0.2, -0.15) is 0 Å². The monoisotopic (exact) mass is 225 g/mol. The Morgan fingerprint density at radius 1 is 1.40 bits per heavy atom. The fourth-order valence-electron chi connectivity index (χ4n) is 2.06. The van der Waals surface area contributed by atoms with E-state index in [2.05, 4.69) is 10.3 Å². The number of pyridine rings is 1. The minimum absolute atomic E-state index is 0.344. The Hall–Kier alpha value is -0.800. The first-order chi connectivity index (χ1) is 7.24. The summed E-state index contributed by atoms with van der Waals surface area (Å²) >= 11 is 5.72. The van der Waals surface area contributed by atoms with E-state index in [-0.39, 0.29) is 0 Å². The number of anilines is 1. The summed E-state index contributed by atoms with van der Waals surface area (Å²) in [5, 5.41) is 3.97. The van der Waals surface area contributed by atoms with E-state index in [1.807, 2.05) is 6.07 Å². The third kappa shape index (κ3) is 3.08. The summed E-state index contributed by atoms with van der Waals surface area (Å²) in [5.74, 6) is 0. The van der Waals surface area contributed by atoms with Crippen LogP contribution < -0.4 is 11.1 Å². The van der Waals surface area contributed by atoms with Gasteiger partial charge in [-0.3, -0.25) is 0 Å². The number of nitrogens with zero attached hydrogens (tertiary/aromatic N) is 1. The molecular formula is C11H16ClN3. The molecule has 0 amide bonds. The third-order valence-electron chi connectivity index (χ3n) is 2.81. The number of aromatic nitrogens is 1. The Morgan fingerprint density at radius 2 is 2.27 bits per heavy atom. The zero-order valence-corrected chi connectivity index (χ0v) is 9.37. The molecule has 2 rings (SSSR count). The molecule has 2 atom stereocenters. The molecule has 1 heterocycles. The lowest BCUT2D eigenvalue weighted by Crippen LogP contribution is -2.34. The second-order valence-electron chi connectivity index (χ2n) is 4.14. The minimum Gasteiger partial charge on any atom is -0.381 e. The molecule has 0 aliphatic heterocycles. The number of rotatable bonds is 2. The van der Waals surface area contributed by atoms with Crippen molar-refractivity contribution in [3.63, 3.8) is 0 Å². The molecule has 1 aromatic heterocycles. The maximum absolute atomic E-state index is 5.93. The summed E-state index contributed by atoms with van der Waals surface area (Å²) in [4.78, 5) is 4.04. The topological polar surface area (TPSA) is 50.9 Å². The van der Waals surface area contributed by atoms with Gasteiger partial charge in [-0.25, -0.2) is 4.98 Å². The highest BCUT2D eigenvalue weighted by Gasteiger charge is 2.18. The molecule has 3 N–H and O–H groups in total. The number of hydrogen-bond acceptors (Lipinski definition) is 3. The van der Waals surface area contributed by atoms with E-state index in [1.54, 1.807) is 12.3 Å². The number of nitrogens with two attached hydrogens (primary N) is 1. The maximum atomic E-state index is 5.93. The van der Waals surface area contributed by atoms with Gasteiger partial charge in [-0.05, 0) is 37.8 Å². The molecule has 0 bridgehead atoms. The Kier molecular flexibility index (Phi) is 3.44. The molecule has 82 valence electrons. The van der Waals surface area contributed by atoms with E-state index in [1.165, 1.54) is 12.8 Å². The lowest BCUT2D eigenvalue weighted by molar-refractivity contribution is 0.409. The van der Waals surface area contributed by atoms with Gasteiger partial charge in [0, 0.05) is 12.1 Å². The van der Waals surface area contributed by atoms with Crippen molar-refractivity contribution in [3.8, 4) is 0 Å². The molecule has 1 fully saturated rings. The first-order valence-electron chi connectivity index (χ1n) is 5.38. The van der Waals surface area contributed by atoms with E-state index in [0.717, 1.165) is 18.5 Å². The van der Waals surface area contributed by atoms with Gasteiger partial charge >= 0.3 is 0 Å². The molecular weight excluding hydrogens is 210 g/mol. The quantitative estimate of drug-likeness (QED) is 0.761. The van der Waals surface area contributed by atoms with Gasteiger partial charge in [0.1, 0.15) is 5.15 Å². The number of halogens is 1. The molecule has 2 unspecified atom stereocenters. The summed E-state index contributed by atoms with van der Waals surface area (Å²) < 4.78 is 0. The van der Waals surface area contributed by atoms with Crippen LogP contribution in [0.25, 0.3) is 0 Å². The van der Waals surface area contributed by atoms with Crippen LogP contribution in [0.2, 0.25) is 5.15 Å². The highest BCUT2D eigenvalue weighted by atomic mass is 35.5. The molecule has 4 heteroatoms. The van der Waals surface area contributed by atoms with Gasteiger partial charge in [-0.1, -0.05) is 11.6 Å². The largest absolute Gasteiger partial charge is 0.381 e. The fourth-order valence-corrected chi connectivity index (χ4v) is 2.17. The number of nitrogens with one attached hydrogen (secondary N) is 1. The van der Waals surface area contributed by atoms with Gasteiger partial charge in [0.25, 0.3) is 0 Å². The van der Waals surface area contributed by atoms with E-state index in [0.29, 0.717) is 17.2 Å². The molecule has 1 aliphatic carbocycles. The average molecular weight is 226 g/mol. The van der Waals surface area contributed by atoms with Crippen LogP contribution in [0.3, 0.4) is 0 Å². The predicted molar refractivity (Wildman–Crippen MR) is 63.1 cm³/mol. The Bertz CT molecular complexity index is 312. The molecule has 0 saturated heterocycles.